The Morgan fingerprint density at radius 3 is 2.78 bits per heavy atom. The summed E-state index contributed by atoms with van der Waals surface area (Å²) in [6.07, 6.45) is 8.04. The summed E-state index contributed by atoms with van der Waals surface area (Å²) in [5, 5.41) is 12.4. The Balaban J connectivity index is 1.59. The number of hydrogen-bond acceptors (Lipinski definition) is 3. The molecule has 1 fully saturated rings. The maximum absolute atomic E-state index is 12.7. The van der Waals surface area contributed by atoms with Crippen molar-refractivity contribution in [1.82, 2.24) is 10.2 Å². The zero-order valence-electron chi connectivity index (χ0n) is 13.5. The molecule has 1 heterocycles. The van der Waals surface area contributed by atoms with Gasteiger partial charge in [0.1, 0.15) is 0 Å². The molecule has 0 bridgehead atoms. The molecule has 1 aromatic carbocycles. The van der Waals surface area contributed by atoms with Crippen LogP contribution < -0.4 is 5.32 Å². The van der Waals surface area contributed by atoms with Gasteiger partial charge >= 0.3 is 0 Å². The molecule has 124 valence electrons. The van der Waals surface area contributed by atoms with Crippen LogP contribution in [0.25, 0.3) is 0 Å². The van der Waals surface area contributed by atoms with E-state index in [0.29, 0.717) is 0 Å². The quantitative estimate of drug-likeness (QED) is 0.818. The van der Waals surface area contributed by atoms with Crippen LogP contribution in [0.2, 0.25) is 0 Å². The number of hydrogen-bond donors (Lipinski definition) is 2. The molecule has 0 radical (unpaired) electrons. The predicted octanol–water partition coefficient (Wildman–Crippen LogP) is 2.09. The van der Waals surface area contributed by atoms with Gasteiger partial charge in [-0.05, 0) is 31.4 Å². The molecule has 3 atom stereocenters. The number of piperidine rings is 1. The van der Waals surface area contributed by atoms with Crippen molar-refractivity contribution >= 4 is 5.91 Å². The second-order valence-electron chi connectivity index (χ2n) is 6.65. The van der Waals surface area contributed by atoms with Gasteiger partial charge in [0.2, 0.25) is 5.91 Å². The Hall–Kier alpha value is -1.65. The van der Waals surface area contributed by atoms with Gasteiger partial charge in [-0.1, -0.05) is 48.9 Å². The third-order valence-electron chi connectivity index (χ3n) is 4.88. The maximum Gasteiger partial charge on any atom is 0.237 e. The van der Waals surface area contributed by atoms with Gasteiger partial charge in [-0.25, -0.2) is 0 Å². The van der Waals surface area contributed by atoms with E-state index < -0.39 is 0 Å². The van der Waals surface area contributed by atoms with Crippen LogP contribution >= 0.6 is 0 Å². The molecule has 1 aromatic rings. The molecule has 0 spiro atoms. The fourth-order valence-corrected chi connectivity index (χ4v) is 3.59. The lowest BCUT2D eigenvalue weighted by atomic mass is 9.99. The third-order valence-corrected chi connectivity index (χ3v) is 4.88. The Labute approximate surface area is 138 Å². The zero-order valence-corrected chi connectivity index (χ0v) is 13.5. The van der Waals surface area contributed by atoms with Gasteiger partial charge in [0, 0.05) is 25.1 Å². The highest BCUT2D eigenvalue weighted by atomic mass is 16.3. The molecule has 1 aliphatic carbocycles. The highest BCUT2D eigenvalue weighted by molar-refractivity contribution is 5.82. The lowest BCUT2D eigenvalue weighted by Gasteiger charge is -2.35. The lowest BCUT2D eigenvalue weighted by molar-refractivity contribution is -0.128. The number of nitrogens with one attached hydrogen (secondary N) is 1. The van der Waals surface area contributed by atoms with E-state index in [-0.39, 0.29) is 30.5 Å². The van der Waals surface area contributed by atoms with E-state index in [1.165, 1.54) is 5.56 Å². The number of amides is 1. The second-order valence-corrected chi connectivity index (χ2v) is 6.65. The molecular formula is C19H26N2O2. The molecule has 4 nitrogen and oxygen atoms in total. The smallest absolute Gasteiger partial charge is 0.237 e. The minimum absolute atomic E-state index is 0.0365. The van der Waals surface area contributed by atoms with Gasteiger partial charge in [0.25, 0.3) is 0 Å². The van der Waals surface area contributed by atoms with Crippen molar-refractivity contribution in [1.29, 1.82) is 0 Å². The summed E-state index contributed by atoms with van der Waals surface area (Å²) < 4.78 is 0. The molecule has 0 saturated carbocycles. The average molecular weight is 314 g/mol. The van der Waals surface area contributed by atoms with E-state index in [1.54, 1.807) is 0 Å². The molecule has 2 aliphatic rings. The number of carbonyl (C=O) groups is 1. The highest BCUT2D eigenvalue weighted by Crippen LogP contribution is 2.22. The highest BCUT2D eigenvalue weighted by Gasteiger charge is 2.30. The first-order valence-electron chi connectivity index (χ1n) is 8.64. The van der Waals surface area contributed by atoms with Gasteiger partial charge in [-0.2, -0.15) is 0 Å². The molecule has 2 N–H and O–H groups in total. The minimum atomic E-state index is -0.0365. The minimum Gasteiger partial charge on any atom is -0.396 e. The van der Waals surface area contributed by atoms with Crippen molar-refractivity contribution in [3.63, 3.8) is 0 Å². The summed E-state index contributed by atoms with van der Waals surface area (Å²) in [6, 6.07) is 10.4. The van der Waals surface area contributed by atoms with Crippen LogP contribution in [-0.4, -0.2) is 41.1 Å². The first-order chi connectivity index (χ1) is 11.3. The number of aliphatic hydroxyl groups excluding tert-OH is 1. The Morgan fingerprint density at radius 2 is 2.04 bits per heavy atom. The number of aliphatic hydroxyl groups is 1. The molecule has 4 heteroatoms. The fourth-order valence-electron chi connectivity index (χ4n) is 3.59. The van der Waals surface area contributed by atoms with E-state index in [0.717, 1.165) is 38.8 Å². The summed E-state index contributed by atoms with van der Waals surface area (Å²) in [4.78, 5) is 15.0. The van der Waals surface area contributed by atoms with Crippen LogP contribution in [0, 0.1) is 5.92 Å². The number of nitrogens with zero attached hydrogens (tertiary/aromatic N) is 1. The van der Waals surface area contributed by atoms with Gasteiger partial charge in [0.15, 0.2) is 0 Å². The topological polar surface area (TPSA) is 52.6 Å². The van der Waals surface area contributed by atoms with E-state index in [4.69, 9.17) is 0 Å². The van der Waals surface area contributed by atoms with Crippen molar-refractivity contribution in [3.8, 4) is 0 Å². The summed E-state index contributed by atoms with van der Waals surface area (Å²) in [5.41, 5.74) is 1.26. The van der Waals surface area contributed by atoms with E-state index in [2.05, 4.69) is 22.3 Å². The average Bonchev–Trinajstić information content (AvgIpc) is 3.04. The van der Waals surface area contributed by atoms with Crippen LogP contribution in [0.15, 0.2) is 42.5 Å². The molecule has 1 amide bonds. The number of likely N-dealkylation sites (tertiary alicyclic amines) is 1. The summed E-state index contributed by atoms with van der Waals surface area (Å²) in [7, 11) is 0. The summed E-state index contributed by atoms with van der Waals surface area (Å²) in [6.45, 7) is 1.97. The first-order valence-corrected chi connectivity index (χ1v) is 8.64. The fraction of sp³-hybridized carbons (Fsp3) is 0.526. The van der Waals surface area contributed by atoms with Crippen molar-refractivity contribution in [2.24, 2.45) is 5.92 Å². The summed E-state index contributed by atoms with van der Waals surface area (Å²) >= 11 is 0. The standard InChI is InChI=1S/C19H26N2O2/c22-14-16-9-10-17(12-16)20-19(23)18-8-4-5-11-21(18)13-15-6-2-1-3-7-15/h1-3,6-7,9-10,16-18,22H,4-5,8,11-14H2,(H,20,23)/t16-,17+,18?/m0/s1. The van der Waals surface area contributed by atoms with E-state index in [9.17, 15) is 9.90 Å². The molecule has 23 heavy (non-hydrogen) atoms. The monoisotopic (exact) mass is 314 g/mol. The maximum atomic E-state index is 12.7. The zero-order chi connectivity index (χ0) is 16.1. The van der Waals surface area contributed by atoms with Gasteiger partial charge in [-0.3, -0.25) is 9.69 Å². The van der Waals surface area contributed by atoms with Crippen molar-refractivity contribution in [2.45, 2.75) is 44.3 Å². The largest absolute Gasteiger partial charge is 0.396 e. The van der Waals surface area contributed by atoms with Crippen molar-refractivity contribution in [2.75, 3.05) is 13.2 Å². The Kier molecular flexibility index (Phi) is 5.47. The number of benzene rings is 1. The molecule has 1 unspecified atom stereocenters. The molecule has 0 aromatic heterocycles. The van der Waals surface area contributed by atoms with Gasteiger partial charge in [-0.15, -0.1) is 0 Å². The Morgan fingerprint density at radius 1 is 1.22 bits per heavy atom. The van der Waals surface area contributed by atoms with Gasteiger partial charge in [0.05, 0.1) is 6.04 Å². The van der Waals surface area contributed by atoms with Crippen LogP contribution in [0.4, 0.5) is 0 Å². The first kappa shape index (κ1) is 16.2. The Bertz CT molecular complexity index is 544. The summed E-state index contributed by atoms with van der Waals surface area (Å²) in [5.74, 6) is 0.320. The van der Waals surface area contributed by atoms with Crippen LogP contribution in [0.1, 0.15) is 31.2 Å². The van der Waals surface area contributed by atoms with Gasteiger partial charge < -0.3 is 10.4 Å². The lowest BCUT2D eigenvalue weighted by Crippen LogP contribution is -2.51. The van der Waals surface area contributed by atoms with Crippen LogP contribution in [0.5, 0.6) is 0 Å². The van der Waals surface area contributed by atoms with E-state index in [1.807, 2.05) is 30.4 Å². The van der Waals surface area contributed by atoms with Crippen molar-refractivity contribution in [3.05, 3.63) is 48.0 Å². The van der Waals surface area contributed by atoms with Crippen LogP contribution in [0.3, 0.4) is 0 Å². The normalized spacial score (nSPS) is 28.0. The molecule has 1 aliphatic heterocycles. The van der Waals surface area contributed by atoms with Crippen LogP contribution in [-0.2, 0) is 11.3 Å². The molecule has 1 saturated heterocycles. The van der Waals surface area contributed by atoms with E-state index >= 15 is 0 Å². The third kappa shape index (κ3) is 4.21. The second kappa shape index (κ2) is 7.75. The number of rotatable bonds is 5. The molecular weight excluding hydrogens is 288 g/mol. The molecule has 3 rings (SSSR count). The predicted molar refractivity (Wildman–Crippen MR) is 90.8 cm³/mol. The number of carbonyl (C=O) groups excluding carboxylic acids is 1. The SMILES string of the molecule is O=C(N[C@@H]1C=C[C@H](CO)C1)C1CCCCN1Cc1ccccc1. The van der Waals surface area contributed by atoms with Crippen molar-refractivity contribution < 1.29 is 9.90 Å².